The van der Waals surface area contributed by atoms with Gasteiger partial charge in [0.15, 0.2) is 5.75 Å². The first-order chi connectivity index (χ1) is 32.4. The number of likely N-dealkylation sites (tertiary alicyclic amines) is 2. The first-order valence-corrected chi connectivity index (χ1v) is 24.1. The average molecular weight is 947 g/mol. The first kappa shape index (κ1) is 45.0. The molecular formula is C50H53Cl2N9O6. The summed E-state index contributed by atoms with van der Waals surface area (Å²) in [6.45, 7) is 12.7. The van der Waals surface area contributed by atoms with E-state index < -0.39 is 29.2 Å². The number of benzene rings is 3. The van der Waals surface area contributed by atoms with Crippen LogP contribution < -0.4 is 24.6 Å². The molecule has 4 aromatic rings. The number of alkyl halides is 1. The highest BCUT2D eigenvalue weighted by Crippen LogP contribution is 2.40. The topological polar surface area (TPSA) is 165 Å². The number of ether oxygens (including phenoxy) is 2. The third kappa shape index (κ3) is 8.69. The van der Waals surface area contributed by atoms with Crippen molar-refractivity contribution in [3.63, 3.8) is 0 Å². The number of nitriles is 1. The lowest BCUT2D eigenvalue weighted by atomic mass is 9.77. The molecule has 10 rings (SSSR count). The van der Waals surface area contributed by atoms with Crippen molar-refractivity contribution < 1.29 is 28.7 Å². The number of halogens is 2. The van der Waals surface area contributed by atoms with E-state index in [0.717, 1.165) is 104 Å². The third-order valence-electron chi connectivity index (χ3n) is 14.9. The van der Waals surface area contributed by atoms with Gasteiger partial charge in [-0.2, -0.15) is 5.26 Å². The van der Waals surface area contributed by atoms with Crippen LogP contribution in [0.3, 0.4) is 0 Å². The number of anilines is 2. The second-order valence-electron chi connectivity index (χ2n) is 19.2. The Labute approximate surface area is 399 Å². The maximum Gasteiger partial charge on any atom is 0.262 e. The lowest BCUT2D eigenvalue weighted by molar-refractivity contribution is -0.136. The number of fused-ring (bicyclic) bond motifs is 2. The number of nitrogens with zero attached hydrogens (tertiary/aromatic N) is 8. The van der Waals surface area contributed by atoms with E-state index in [4.69, 9.17) is 37.7 Å². The molecule has 17 heteroatoms. The molecule has 0 aliphatic carbocycles. The van der Waals surface area contributed by atoms with Gasteiger partial charge in [-0.05, 0) is 90.8 Å². The molecular weight excluding hydrogens is 894 g/mol. The number of hydrogen-bond acceptors (Lipinski definition) is 13. The average Bonchev–Trinajstić information content (AvgIpc) is 3.98. The number of piperidine rings is 2. The maximum atomic E-state index is 13.4. The summed E-state index contributed by atoms with van der Waals surface area (Å²) in [5.74, 6) is 1.36. The fraction of sp³-hybridized carbons (Fsp3) is 0.460. The van der Waals surface area contributed by atoms with Gasteiger partial charge in [0.25, 0.3) is 11.8 Å². The molecule has 5 saturated heterocycles. The second-order valence-corrected chi connectivity index (χ2v) is 19.9. The van der Waals surface area contributed by atoms with Crippen molar-refractivity contribution in [1.82, 2.24) is 30.0 Å². The molecule has 6 aliphatic heterocycles. The van der Waals surface area contributed by atoms with Gasteiger partial charge in [-0.3, -0.25) is 39.2 Å². The number of rotatable bonds is 13. The normalized spacial score (nSPS) is 22.7. The van der Waals surface area contributed by atoms with E-state index in [1.807, 2.05) is 54.7 Å². The molecule has 1 N–H and O–H groups in total. The zero-order valence-corrected chi connectivity index (χ0v) is 39.1. The van der Waals surface area contributed by atoms with Crippen LogP contribution in [0.25, 0.3) is 0 Å². The van der Waals surface area contributed by atoms with Crippen LogP contribution in [0.4, 0.5) is 11.6 Å². The van der Waals surface area contributed by atoms with Gasteiger partial charge in [0, 0.05) is 88.2 Å². The smallest absolute Gasteiger partial charge is 0.262 e. The van der Waals surface area contributed by atoms with Crippen molar-refractivity contribution in [2.45, 2.75) is 69.7 Å². The van der Waals surface area contributed by atoms with Crippen molar-refractivity contribution >= 4 is 58.5 Å². The Bertz CT molecular complexity index is 2630. The molecule has 5 fully saturated rings. The standard InChI is InChI=1S/C50H53Cl2N9O6/c1-50(2,34-19-30(22-53)45(42(52)20-34)66-18-14-51)33-3-6-39(7-4-33)67-29-35-11-15-54-49(55-35)60-25-31-23-58(24-32(31)26-60)36-12-16-57(17-13-36)38-27-59(28-38)37-5-8-40-41(21-37)48(65)61(47(40)64)43-9-10-44(62)56-46(43)63/h3-8,11,15,19-21,31-32,36,38,43H,9-10,12-14,16-18,23-29H2,1-2H3,(H,56,62,63)/t31-,32+,43?. The summed E-state index contributed by atoms with van der Waals surface area (Å²) >= 11 is 12.4. The van der Waals surface area contributed by atoms with Crippen LogP contribution in [0.2, 0.25) is 5.02 Å². The van der Waals surface area contributed by atoms with Gasteiger partial charge in [-0.1, -0.05) is 37.6 Å². The fourth-order valence-corrected chi connectivity index (χ4v) is 11.2. The van der Waals surface area contributed by atoms with Gasteiger partial charge < -0.3 is 19.3 Å². The van der Waals surface area contributed by atoms with Crippen LogP contribution in [0, 0.1) is 23.2 Å². The largest absolute Gasteiger partial charge is 0.489 e. The third-order valence-corrected chi connectivity index (χ3v) is 15.3. The fourth-order valence-electron chi connectivity index (χ4n) is 10.9. The SMILES string of the molecule is CC(C)(c1ccc(OCc2ccnc(N3C[C@@H]4CN(C5CCN(C6CN(c7ccc8c(c7)C(=O)N(C7CCC(=O)NC7=O)C8=O)C6)CC5)C[C@@H]4C3)n2)cc1)c1cc(Cl)c(OCCCl)c(C#N)c1. The van der Waals surface area contributed by atoms with Crippen molar-refractivity contribution in [1.29, 1.82) is 5.26 Å². The minimum absolute atomic E-state index is 0.0967. The highest BCUT2D eigenvalue weighted by Gasteiger charge is 2.46. The number of carbonyl (C=O) groups is 4. The highest BCUT2D eigenvalue weighted by molar-refractivity contribution is 6.32. The predicted molar refractivity (Wildman–Crippen MR) is 252 cm³/mol. The molecule has 348 valence electrons. The van der Waals surface area contributed by atoms with Crippen molar-refractivity contribution in [2.24, 2.45) is 11.8 Å². The molecule has 6 aliphatic rings. The number of aromatic nitrogens is 2. The van der Waals surface area contributed by atoms with Crippen LogP contribution in [0.1, 0.15) is 82.6 Å². The first-order valence-electron chi connectivity index (χ1n) is 23.2. The van der Waals surface area contributed by atoms with E-state index >= 15 is 0 Å². The Morgan fingerprint density at radius 3 is 2.24 bits per heavy atom. The predicted octanol–water partition coefficient (Wildman–Crippen LogP) is 5.65. The van der Waals surface area contributed by atoms with Gasteiger partial charge in [0.05, 0.1) is 33.3 Å². The Hall–Kier alpha value is -5.79. The molecule has 67 heavy (non-hydrogen) atoms. The van der Waals surface area contributed by atoms with E-state index in [1.165, 1.54) is 0 Å². The van der Waals surface area contributed by atoms with E-state index in [0.29, 0.717) is 63.9 Å². The summed E-state index contributed by atoms with van der Waals surface area (Å²) in [5.41, 5.74) is 4.22. The molecule has 7 heterocycles. The summed E-state index contributed by atoms with van der Waals surface area (Å²) in [7, 11) is 0. The number of hydrogen-bond donors (Lipinski definition) is 1. The number of nitrogens with one attached hydrogen (secondary N) is 1. The monoisotopic (exact) mass is 945 g/mol. The molecule has 15 nitrogen and oxygen atoms in total. The molecule has 1 unspecified atom stereocenters. The van der Waals surface area contributed by atoms with Crippen LogP contribution in [-0.2, 0) is 21.6 Å². The summed E-state index contributed by atoms with van der Waals surface area (Å²) in [6, 6.07) is 21.2. The highest BCUT2D eigenvalue weighted by atomic mass is 35.5. The lowest BCUT2D eigenvalue weighted by Crippen LogP contribution is -2.62. The van der Waals surface area contributed by atoms with Crippen molar-refractivity contribution in [2.75, 3.05) is 74.6 Å². The summed E-state index contributed by atoms with van der Waals surface area (Å²) in [5, 5.41) is 12.4. The van der Waals surface area contributed by atoms with Crippen molar-refractivity contribution in [3.05, 3.63) is 105 Å². The van der Waals surface area contributed by atoms with E-state index in [9.17, 15) is 24.4 Å². The second kappa shape index (κ2) is 18.4. The zero-order valence-electron chi connectivity index (χ0n) is 37.6. The van der Waals surface area contributed by atoms with E-state index in [2.05, 4.69) is 49.8 Å². The molecule has 0 radical (unpaired) electrons. The van der Waals surface area contributed by atoms with E-state index in [1.54, 1.807) is 12.1 Å². The molecule has 0 bridgehead atoms. The van der Waals surface area contributed by atoms with Crippen LogP contribution >= 0.6 is 23.2 Å². The maximum absolute atomic E-state index is 13.4. The summed E-state index contributed by atoms with van der Waals surface area (Å²) in [6.07, 6.45) is 4.36. The number of carbonyl (C=O) groups excluding carboxylic acids is 4. The molecule has 4 amide bonds. The van der Waals surface area contributed by atoms with Crippen LogP contribution in [0.15, 0.2) is 66.9 Å². The Balaban J connectivity index is 0.670. The van der Waals surface area contributed by atoms with Gasteiger partial charge in [0.2, 0.25) is 17.8 Å². The Morgan fingerprint density at radius 1 is 0.806 bits per heavy atom. The van der Waals surface area contributed by atoms with Gasteiger partial charge >= 0.3 is 0 Å². The van der Waals surface area contributed by atoms with Gasteiger partial charge in [-0.15, -0.1) is 11.6 Å². The minimum Gasteiger partial charge on any atom is -0.489 e. The summed E-state index contributed by atoms with van der Waals surface area (Å²) in [4.78, 5) is 71.2. The molecule has 1 aromatic heterocycles. The van der Waals surface area contributed by atoms with Gasteiger partial charge in [0.1, 0.15) is 31.1 Å². The molecule has 3 atom stereocenters. The number of amides is 4. The molecule has 3 aromatic carbocycles. The Kier molecular flexibility index (Phi) is 12.3. The van der Waals surface area contributed by atoms with Gasteiger partial charge in [-0.25, -0.2) is 9.97 Å². The van der Waals surface area contributed by atoms with Crippen LogP contribution in [0.5, 0.6) is 11.5 Å². The lowest BCUT2D eigenvalue weighted by Gasteiger charge is -2.49. The molecule has 0 saturated carbocycles. The minimum atomic E-state index is -0.967. The quantitative estimate of drug-likeness (QED) is 0.129. The Morgan fingerprint density at radius 2 is 1.54 bits per heavy atom. The zero-order chi connectivity index (χ0) is 46.6. The molecule has 0 spiro atoms. The summed E-state index contributed by atoms with van der Waals surface area (Å²) < 4.78 is 11.8. The van der Waals surface area contributed by atoms with Crippen LogP contribution in [-0.4, -0.2) is 131 Å². The van der Waals surface area contributed by atoms with E-state index in [-0.39, 0.29) is 25.4 Å². The number of imide groups is 2. The van der Waals surface area contributed by atoms with Crippen molar-refractivity contribution in [3.8, 4) is 17.6 Å².